The van der Waals surface area contributed by atoms with Gasteiger partial charge in [-0.05, 0) is 35.2 Å². The van der Waals surface area contributed by atoms with Gasteiger partial charge in [-0.25, -0.2) is 0 Å². The Morgan fingerprint density at radius 1 is 1.22 bits per heavy atom. The Bertz CT molecular complexity index is 541. The van der Waals surface area contributed by atoms with Crippen LogP contribution in [-0.2, 0) is 11.2 Å². The molecule has 0 radical (unpaired) electrons. The van der Waals surface area contributed by atoms with E-state index in [2.05, 4.69) is 4.98 Å². The van der Waals surface area contributed by atoms with Crippen LogP contribution in [-0.4, -0.2) is 22.1 Å². The maximum absolute atomic E-state index is 10.7. The molecule has 0 bridgehead atoms. The Labute approximate surface area is 105 Å². The van der Waals surface area contributed by atoms with Crippen LogP contribution in [0, 0.1) is 0 Å². The van der Waals surface area contributed by atoms with E-state index in [9.17, 15) is 4.79 Å². The molecule has 0 saturated carbocycles. The van der Waals surface area contributed by atoms with Crippen molar-refractivity contribution in [1.29, 1.82) is 0 Å². The number of hydrogen-bond donors (Lipinski definition) is 2. The number of carboxylic acids is 1. The van der Waals surface area contributed by atoms with Gasteiger partial charge in [-0.15, -0.1) is 0 Å². The average Bonchev–Trinajstić information content (AvgIpc) is 2.40. The second-order valence-electron chi connectivity index (χ2n) is 4.09. The Balaban J connectivity index is 2.23. The molecule has 2 aromatic rings. The van der Waals surface area contributed by atoms with Gasteiger partial charge < -0.3 is 10.8 Å². The second kappa shape index (κ2) is 5.42. The molecule has 0 aliphatic carbocycles. The van der Waals surface area contributed by atoms with Gasteiger partial charge in [0.05, 0.1) is 0 Å². The van der Waals surface area contributed by atoms with E-state index in [1.807, 2.05) is 36.4 Å². The molecule has 0 unspecified atom stereocenters. The van der Waals surface area contributed by atoms with E-state index in [4.69, 9.17) is 10.8 Å². The molecule has 92 valence electrons. The van der Waals surface area contributed by atoms with Gasteiger partial charge in [0.2, 0.25) is 0 Å². The summed E-state index contributed by atoms with van der Waals surface area (Å²) in [5.74, 6) is -0.982. The molecule has 3 N–H and O–H groups in total. The number of hydrogen-bond acceptors (Lipinski definition) is 3. The number of nitrogens with two attached hydrogens (primary N) is 1. The molecule has 0 aliphatic heterocycles. The van der Waals surface area contributed by atoms with Crippen molar-refractivity contribution in [2.75, 3.05) is 0 Å². The zero-order valence-corrected chi connectivity index (χ0v) is 9.78. The van der Waals surface area contributed by atoms with Crippen LogP contribution in [0.4, 0.5) is 0 Å². The number of pyridine rings is 1. The molecule has 0 spiro atoms. The van der Waals surface area contributed by atoms with Crippen molar-refractivity contribution in [3.05, 3.63) is 54.4 Å². The van der Waals surface area contributed by atoms with E-state index < -0.39 is 12.0 Å². The summed E-state index contributed by atoms with van der Waals surface area (Å²) in [6, 6.07) is 10.7. The molecule has 4 nitrogen and oxygen atoms in total. The molecule has 1 aromatic heterocycles. The minimum atomic E-state index is -0.982. The Morgan fingerprint density at radius 3 is 2.61 bits per heavy atom. The van der Waals surface area contributed by atoms with Crippen molar-refractivity contribution in [1.82, 2.24) is 4.98 Å². The van der Waals surface area contributed by atoms with Gasteiger partial charge in [0.15, 0.2) is 0 Å². The van der Waals surface area contributed by atoms with Crippen LogP contribution < -0.4 is 5.73 Å². The minimum Gasteiger partial charge on any atom is -0.480 e. The minimum absolute atomic E-state index is 0.328. The van der Waals surface area contributed by atoms with Crippen molar-refractivity contribution in [3.8, 4) is 11.1 Å². The van der Waals surface area contributed by atoms with Gasteiger partial charge in [-0.1, -0.05) is 24.3 Å². The highest BCUT2D eigenvalue weighted by molar-refractivity contribution is 5.73. The highest BCUT2D eigenvalue weighted by Crippen LogP contribution is 2.19. The molecule has 0 amide bonds. The Hall–Kier alpha value is -2.20. The quantitative estimate of drug-likeness (QED) is 0.855. The molecular formula is C14H14N2O2. The Morgan fingerprint density at radius 2 is 1.94 bits per heavy atom. The predicted octanol–water partition coefficient (Wildman–Crippen LogP) is 1.70. The van der Waals surface area contributed by atoms with Crippen molar-refractivity contribution < 1.29 is 9.90 Å². The lowest BCUT2D eigenvalue weighted by Crippen LogP contribution is -2.32. The van der Waals surface area contributed by atoms with Gasteiger partial charge in [0.25, 0.3) is 0 Å². The van der Waals surface area contributed by atoms with E-state index >= 15 is 0 Å². The number of carboxylic acid groups (broad SMARTS) is 1. The standard InChI is InChI=1S/C14H14N2O2/c15-13(14(17)18)9-10-2-1-3-12(8-10)11-4-6-16-7-5-11/h1-8,13H,9,15H2,(H,17,18)/t13-/m1/s1. The lowest BCUT2D eigenvalue weighted by molar-refractivity contribution is -0.138. The smallest absolute Gasteiger partial charge is 0.320 e. The molecule has 0 fully saturated rings. The summed E-state index contributed by atoms with van der Waals surface area (Å²) in [6.45, 7) is 0. The molecule has 4 heteroatoms. The zero-order valence-electron chi connectivity index (χ0n) is 9.78. The maximum atomic E-state index is 10.7. The summed E-state index contributed by atoms with van der Waals surface area (Å²) in [5, 5.41) is 8.80. The predicted molar refractivity (Wildman–Crippen MR) is 69.0 cm³/mol. The second-order valence-corrected chi connectivity index (χ2v) is 4.09. The van der Waals surface area contributed by atoms with Crippen molar-refractivity contribution >= 4 is 5.97 Å². The Kier molecular flexibility index (Phi) is 3.69. The van der Waals surface area contributed by atoms with Crippen LogP contribution in [0.25, 0.3) is 11.1 Å². The summed E-state index contributed by atoms with van der Waals surface area (Å²) in [7, 11) is 0. The fraction of sp³-hybridized carbons (Fsp3) is 0.143. The fourth-order valence-electron chi connectivity index (χ4n) is 1.76. The topological polar surface area (TPSA) is 76.2 Å². The molecule has 18 heavy (non-hydrogen) atoms. The van der Waals surface area contributed by atoms with Crippen LogP contribution in [0.15, 0.2) is 48.8 Å². The summed E-state index contributed by atoms with van der Waals surface area (Å²) in [4.78, 5) is 14.7. The van der Waals surface area contributed by atoms with Crippen LogP contribution >= 0.6 is 0 Å². The highest BCUT2D eigenvalue weighted by Gasteiger charge is 2.12. The van der Waals surface area contributed by atoms with Crippen molar-refractivity contribution in [2.45, 2.75) is 12.5 Å². The number of aliphatic carboxylic acids is 1. The third-order valence-electron chi connectivity index (χ3n) is 2.71. The first-order valence-corrected chi connectivity index (χ1v) is 5.64. The van der Waals surface area contributed by atoms with Gasteiger partial charge >= 0.3 is 5.97 Å². The maximum Gasteiger partial charge on any atom is 0.320 e. The lowest BCUT2D eigenvalue weighted by Gasteiger charge is -2.08. The normalized spacial score (nSPS) is 12.1. The third-order valence-corrected chi connectivity index (χ3v) is 2.71. The molecule has 1 atom stereocenters. The first-order chi connectivity index (χ1) is 8.66. The number of carbonyl (C=O) groups is 1. The summed E-state index contributed by atoms with van der Waals surface area (Å²) in [5.41, 5.74) is 8.53. The average molecular weight is 242 g/mol. The molecule has 1 aromatic carbocycles. The van der Waals surface area contributed by atoms with Crippen molar-refractivity contribution in [3.63, 3.8) is 0 Å². The monoisotopic (exact) mass is 242 g/mol. The summed E-state index contributed by atoms with van der Waals surface area (Å²) >= 11 is 0. The summed E-state index contributed by atoms with van der Waals surface area (Å²) in [6.07, 6.45) is 3.78. The highest BCUT2D eigenvalue weighted by atomic mass is 16.4. The molecule has 1 heterocycles. The van der Waals surface area contributed by atoms with E-state index in [0.717, 1.165) is 16.7 Å². The van der Waals surface area contributed by atoms with Crippen LogP contribution in [0.1, 0.15) is 5.56 Å². The number of rotatable bonds is 4. The van der Waals surface area contributed by atoms with Gasteiger partial charge in [0, 0.05) is 12.4 Å². The zero-order chi connectivity index (χ0) is 13.0. The number of benzene rings is 1. The largest absolute Gasteiger partial charge is 0.480 e. The molecule has 0 aliphatic rings. The SMILES string of the molecule is N[C@H](Cc1cccc(-c2ccncc2)c1)C(=O)O. The van der Waals surface area contributed by atoms with E-state index in [0.29, 0.717) is 6.42 Å². The van der Waals surface area contributed by atoms with Gasteiger partial charge in [-0.3, -0.25) is 9.78 Å². The van der Waals surface area contributed by atoms with Crippen LogP contribution in [0.2, 0.25) is 0 Å². The van der Waals surface area contributed by atoms with E-state index in [1.54, 1.807) is 12.4 Å². The molecule has 2 rings (SSSR count). The summed E-state index contributed by atoms with van der Waals surface area (Å²) < 4.78 is 0. The number of nitrogens with zero attached hydrogens (tertiary/aromatic N) is 1. The first kappa shape index (κ1) is 12.3. The van der Waals surface area contributed by atoms with E-state index in [-0.39, 0.29) is 0 Å². The number of aromatic nitrogens is 1. The molecular weight excluding hydrogens is 228 g/mol. The van der Waals surface area contributed by atoms with Crippen LogP contribution in [0.3, 0.4) is 0 Å². The van der Waals surface area contributed by atoms with Gasteiger partial charge in [0.1, 0.15) is 6.04 Å². The molecule has 0 saturated heterocycles. The van der Waals surface area contributed by atoms with Crippen LogP contribution in [0.5, 0.6) is 0 Å². The fourth-order valence-corrected chi connectivity index (χ4v) is 1.76. The third kappa shape index (κ3) is 2.93. The first-order valence-electron chi connectivity index (χ1n) is 5.64. The van der Waals surface area contributed by atoms with E-state index in [1.165, 1.54) is 0 Å². The van der Waals surface area contributed by atoms with Gasteiger partial charge in [-0.2, -0.15) is 0 Å². The van der Waals surface area contributed by atoms with Crippen molar-refractivity contribution in [2.24, 2.45) is 5.73 Å². The lowest BCUT2D eigenvalue weighted by atomic mass is 10.0.